The second-order valence-corrected chi connectivity index (χ2v) is 5.59. The molecule has 0 aromatic heterocycles. The van der Waals surface area contributed by atoms with E-state index in [-0.39, 0.29) is 0 Å². The highest BCUT2D eigenvalue weighted by molar-refractivity contribution is 5.85. The molecule has 0 saturated heterocycles. The fourth-order valence-electron chi connectivity index (χ4n) is 2.75. The van der Waals surface area contributed by atoms with E-state index >= 15 is 0 Å². The molecule has 0 aliphatic rings. The van der Waals surface area contributed by atoms with Crippen molar-refractivity contribution in [2.45, 2.75) is 39.7 Å². The zero-order chi connectivity index (χ0) is 13.7. The first-order chi connectivity index (χ1) is 9.22. The maximum Gasteiger partial charge on any atom is 0.00931 e. The molecule has 0 amide bonds. The van der Waals surface area contributed by atoms with Crippen LogP contribution in [0.15, 0.2) is 42.5 Å². The van der Waals surface area contributed by atoms with Gasteiger partial charge < -0.3 is 5.32 Å². The molecule has 1 atom stereocenters. The second kappa shape index (κ2) is 6.72. The van der Waals surface area contributed by atoms with Crippen LogP contribution in [0, 0.1) is 5.92 Å². The Morgan fingerprint density at radius 1 is 1.00 bits per heavy atom. The average molecular weight is 255 g/mol. The number of hydrogen-bond acceptors (Lipinski definition) is 1. The highest BCUT2D eigenvalue weighted by atomic mass is 14.9. The summed E-state index contributed by atoms with van der Waals surface area (Å²) in [5.74, 6) is 0.690. The number of rotatable bonds is 6. The number of nitrogens with one attached hydrogen (secondary N) is 1. The van der Waals surface area contributed by atoms with Gasteiger partial charge in [-0.25, -0.2) is 0 Å². The molecule has 0 saturated carbocycles. The van der Waals surface area contributed by atoms with E-state index in [1.165, 1.54) is 22.8 Å². The van der Waals surface area contributed by atoms with E-state index in [4.69, 9.17) is 0 Å². The van der Waals surface area contributed by atoms with Crippen LogP contribution in [0.4, 0.5) is 0 Å². The van der Waals surface area contributed by atoms with Gasteiger partial charge in [-0.3, -0.25) is 0 Å². The summed E-state index contributed by atoms with van der Waals surface area (Å²) >= 11 is 0. The van der Waals surface area contributed by atoms with Gasteiger partial charge in [0.15, 0.2) is 0 Å². The fourth-order valence-corrected chi connectivity index (χ4v) is 2.75. The SMILES string of the molecule is CCNC(CCc1cccc2ccccc12)C(C)C. The monoisotopic (exact) mass is 255 g/mol. The Balaban J connectivity index is 2.13. The fraction of sp³-hybridized carbons (Fsp3) is 0.444. The molecular weight excluding hydrogens is 230 g/mol. The quantitative estimate of drug-likeness (QED) is 0.806. The Labute approximate surface area is 117 Å². The number of benzene rings is 2. The summed E-state index contributed by atoms with van der Waals surface area (Å²) in [6.45, 7) is 7.85. The van der Waals surface area contributed by atoms with Crippen molar-refractivity contribution in [3.63, 3.8) is 0 Å². The molecule has 0 aliphatic heterocycles. The third-order valence-electron chi connectivity index (χ3n) is 3.88. The summed E-state index contributed by atoms with van der Waals surface area (Å²) in [6.07, 6.45) is 2.36. The molecular formula is C18H25N. The van der Waals surface area contributed by atoms with E-state index in [0.29, 0.717) is 12.0 Å². The third-order valence-corrected chi connectivity index (χ3v) is 3.88. The first-order valence-corrected chi connectivity index (χ1v) is 7.42. The van der Waals surface area contributed by atoms with E-state index < -0.39 is 0 Å². The number of aryl methyl sites for hydroxylation is 1. The Hall–Kier alpha value is -1.34. The lowest BCUT2D eigenvalue weighted by Gasteiger charge is -2.22. The van der Waals surface area contributed by atoms with Crippen LogP contribution >= 0.6 is 0 Å². The van der Waals surface area contributed by atoms with Gasteiger partial charge in [0, 0.05) is 6.04 Å². The minimum atomic E-state index is 0.615. The van der Waals surface area contributed by atoms with Gasteiger partial charge >= 0.3 is 0 Å². The minimum Gasteiger partial charge on any atom is -0.314 e. The van der Waals surface area contributed by atoms with Crippen LogP contribution in [0.5, 0.6) is 0 Å². The van der Waals surface area contributed by atoms with Crippen molar-refractivity contribution in [2.75, 3.05) is 6.54 Å². The van der Waals surface area contributed by atoms with Gasteiger partial charge in [-0.1, -0.05) is 63.2 Å². The van der Waals surface area contributed by atoms with E-state index in [9.17, 15) is 0 Å². The molecule has 2 aromatic carbocycles. The molecule has 1 heteroatoms. The number of fused-ring (bicyclic) bond motifs is 1. The van der Waals surface area contributed by atoms with Crippen molar-refractivity contribution < 1.29 is 0 Å². The van der Waals surface area contributed by atoms with Gasteiger partial charge in [0.05, 0.1) is 0 Å². The van der Waals surface area contributed by atoms with E-state index in [1.807, 2.05) is 0 Å². The van der Waals surface area contributed by atoms with Crippen molar-refractivity contribution in [1.29, 1.82) is 0 Å². The second-order valence-electron chi connectivity index (χ2n) is 5.59. The molecule has 102 valence electrons. The smallest absolute Gasteiger partial charge is 0.00931 e. The normalized spacial score (nSPS) is 13.1. The third kappa shape index (κ3) is 3.57. The summed E-state index contributed by atoms with van der Waals surface area (Å²) in [6, 6.07) is 15.9. The molecule has 0 spiro atoms. The largest absolute Gasteiger partial charge is 0.314 e. The maximum absolute atomic E-state index is 3.60. The molecule has 1 unspecified atom stereocenters. The molecule has 2 aromatic rings. The lowest BCUT2D eigenvalue weighted by Crippen LogP contribution is -2.34. The van der Waals surface area contributed by atoms with Crippen molar-refractivity contribution in [3.8, 4) is 0 Å². The van der Waals surface area contributed by atoms with Crippen LogP contribution in [0.1, 0.15) is 32.8 Å². The van der Waals surface area contributed by atoms with Gasteiger partial charge in [0.25, 0.3) is 0 Å². The Morgan fingerprint density at radius 2 is 1.74 bits per heavy atom. The molecule has 19 heavy (non-hydrogen) atoms. The van der Waals surface area contributed by atoms with Gasteiger partial charge in [-0.05, 0) is 41.6 Å². The van der Waals surface area contributed by atoms with Crippen LogP contribution in [-0.4, -0.2) is 12.6 Å². The van der Waals surface area contributed by atoms with Gasteiger partial charge in [0.2, 0.25) is 0 Å². The first kappa shape index (κ1) is 14.1. The van der Waals surface area contributed by atoms with Gasteiger partial charge in [-0.2, -0.15) is 0 Å². The predicted octanol–water partition coefficient (Wildman–Crippen LogP) is 4.41. The average Bonchev–Trinajstić information content (AvgIpc) is 2.43. The summed E-state index contributed by atoms with van der Waals surface area (Å²) in [5, 5.41) is 6.36. The molecule has 0 bridgehead atoms. The summed E-state index contributed by atoms with van der Waals surface area (Å²) < 4.78 is 0. The van der Waals surface area contributed by atoms with Crippen molar-refractivity contribution in [2.24, 2.45) is 5.92 Å². The molecule has 0 radical (unpaired) electrons. The summed E-state index contributed by atoms with van der Waals surface area (Å²) in [4.78, 5) is 0. The highest BCUT2D eigenvalue weighted by Gasteiger charge is 2.12. The highest BCUT2D eigenvalue weighted by Crippen LogP contribution is 2.21. The molecule has 0 aliphatic carbocycles. The topological polar surface area (TPSA) is 12.0 Å². The first-order valence-electron chi connectivity index (χ1n) is 7.42. The molecule has 0 heterocycles. The lowest BCUT2D eigenvalue weighted by atomic mass is 9.94. The van der Waals surface area contributed by atoms with E-state index in [2.05, 4.69) is 68.6 Å². The molecule has 0 fully saturated rings. The van der Waals surface area contributed by atoms with Crippen LogP contribution in [0.25, 0.3) is 10.8 Å². The standard InChI is InChI=1S/C18H25N/c1-4-19-18(14(2)3)13-12-16-10-7-9-15-8-5-6-11-17(15)16/h5-11,14,18-19H,4,12-13H2,1-3H3. The molecule has 2 rings (SSSR count). The Morgan fingerprint density at radius 3 is 2.47 bits per heavy atom. The zero-order valence-electron chi connectivity index (χ0n) is 12.3. The predicted molar refractivity (Wildman–Crippen MR) is 84.6 cm³/mol. The molecule has 1 N–H and O–H groups in total. The van der Waals surface area contributed by atoms with E-state index in [0.717, 1.165) is 13.0 Å². The van der Waals surface area contributed by atoms with E-state index in [1.54, 1.807) is 0 Å². The number of hydrogen-bond donors (Lipinski definition) is 1. The zero-order valence-corrected chi connectivity index (χ0v) is 12.3. The molecule has 1 nitrogen and oxygen atoms in total. The lowest BCUT2D eigenvalue weighted by molar-refractivity contribution is 0.385. The minimum absolute atomic E-state index is 0.615. The maximum atomic E-state index is 3.60. The van der Waals surface area contributed by atoms with Gasteiger partial charge in [0.1, 0.15) is 0 Å². The van der Waals surface area contributed by atoms with Crippen molar-refractivity contribution in [1.82, 2.24) is 5.32 Å². The van der Waals surface area contributed by atoms with Crippen molar-refractivity contribution in [3.05, 3.63) is 48.0 Å². The van der Waals surface area contributed by atoms with Crippen LogP contribution in [0.2, 0.25) is 0 Å². The van der Waals surface area contributed by atoms with Gasteiger partial charge in [-0.15, -0.1) is 0 Å². The Bertz CT molecular complexity index is 511. The Kier molecular flexibility index (Phi) is 4.98. The summed E-state index contributed by atoms with van der Waals surface area (Å²) in [7, 11) is 0. The summed E-state index contributed by atoms with van der Waals surface area (Å²) in [5.41, 5.74) is 1.47. The van der Waals surface area contributed by atoms with Crippen LogP contribution < -0.4 is 5.32 Å². The van der Waals surface area contributed by atoms with Crippen LogP contribution in [0.3, 0.4) is 0 Å². The van der Waals surface area contributed by atoms with Crippen molar-refractivity contribution >= 4 is 10.8 Å². The van der Waals surface area contributed by atoms with Crippen LogP contribution in [-0.2, 0) is 6.42 Å².